The lowest BCUT2D eigenvalue weighted by molar-refractivity contribution is -0.121. The highest BCUT2D eigenvalue weighted by molar-refractivity contribution is 8.00. The fourth-order valence-electron chi connectivity index (χ4n) is 3.67. The molecule has 156 valence electrons. The van der Waals surface area contributed by atoms with Crippen LogP contribution in [0.5, 0.6) is 5.75 Å². The third-order valence-corrected chi connectivity index (χ3v) is 6.55. The minimum Gasteiger partial charge on any atom is -0.497 e. The first-order valence-corrected chi connectivity index (χ1v) is 11.1. The number of nitrogens with one attached hydrogen (secondary N) is 1. The number of carbonyl (C=O) groups is 1. The van der Waals surface area contributed by atoms with E-state index in [1.54, 1.807) is 7.11 Å². The Morgan fingerprint density at radius 3 is 2.72 bits per heavy atom. The smallest absolute Gasteiger partial charge is 0.233 e. The molecule has 3 rings (SSSR count). The van der Waals surface area contributed by atoms with E-state index in [-0.39, 0.29) is 17.2 Å². The summed E-state index contributed by atoms with van der Waals surface area (Å²) in [4.78, 5) is 12.8. The van der Waals surface area contributed by atoms with Crippen LogP contribution < -0.4 is 10.1 Å². The molecule has 1 amide bonds. The minimum atomic E-state index is -0.249. The molecular weight excluding hydrogens is 384 g/mol. The molecule has 1 aliphatic carbocycles. The molecule has 1 heterocycles. The fraction of sp³-hybridized carbons (Fsp3) is 0.500. The molecule has 1 N–H and O–H groups in total. The average molecular weight is 415 g/mol. The molecule has 0 aliphatic heterocycles. The van der Waals surface area contributed by atoms with Gasteiger partial charge in [-0.15, -0.1) is 16.8 Å². The van der Waals surface area contributed by atoms with Gasteiger partial charge in [-0.05, 0) is 49.9 Å². The molecule has 3 atom stereocenters. The Bertz CT molecular complexity index is 834. The second-order valence-electron chi connectivity index (χ2n) is 7.57. The number of thioether (sulfide) groups is 1. The molecule has 1 saturated carbocycles. The van der Waals surface area contributed by atoms with Crippen LogP contribution in [0, 0.1) is 5.92 Å². The van der Waals surface area contributed by atoms with E-state index in [0.29, 0.717) is 12.5 Å². The molecule has 1 aromatic heterocycles. The maximum atomic E-state index is 12.8. The van der Waals surface area contributed by atoms with Gasteiger partial charge in [0.1, 0.15) is 5.75 Å². The van der Waals surface area contributed by atoms with Gasteiger partial charge in [0.2, 0.25) is 5.91 Å². The van der Waals surface area contributed by atoms with Crippen molar-refractivity contribution in [3.8, 4) is 17.1 Å². The van der Waals surface area contributed by atoms with Crippen molar-refractivity contribution in [3.63, 3.8) is 0 Å². The predicted octanol–water partition coefficient (Wildman–Crippen LogP) is 4.32. The summed E-state index contributed by atoms with van der Waals surface area (Å²) in [5, 5.41) is 12.4. The number of amides is 1. The van der Waals surface area contributed by atoms with Gasteiger partial charge in [0.05, 0.1) is 12.4 Å². The lowest BCUT2D eigenvalue weighted by Crippen LogP contribution is -2.44. The molecule has 0 radical (unpaired) electrons. The van der Waals surface area contributed by atoms with Crippen molar-refractivity contribution in [2.75, 3.05) is 7.11 Å². The summed E-state index contributed by atoms with van der Waals surface area (Å²) >= 11 is 1.44. The van der Waals surface area contributed by atoms with Crippen molar-refractivity contribution in [3.05, 3.63) is 36.9 Å². The number of nitrogens with zero attached hydrogens (tertiary/aromatic N) is 3. The third-order valence-electron chi connectivity index (χ3n) is 5.47. The van der Waals surface area contributed by atoms with Crippen LogP contribution in [0.25, 0.3) is 11.4 Å². The van der Waals surface area contributed by atoms with Gasteiger partial charge in [-0.1, -0.05) is 37.6 Å². The van der Waals surface area contributed by atoms with Crippen LogP contribution in [0.3, 0.4) is 0 Å². The van der Waals surface area contributed by atoms with Gasteiger partial charge >= 0.3 is 0 Å². The Kier molecular flexibility index (Phi) is 7.36. The Morgan fingerprint density at radius 1 is 1.34 bits per heavy atom. The maximum absolute atomic E-state index is 12.8. The lowest BCUT2D eigenvalue weighted by atomic mass is 9.86. The first-order valence-electron chi connectivity index (χ1n) is 10.2. The van der Waals surface area contributed by atoms with Crippen LogP contribution in [0.2, 0.25) is 0 Å². The van der Waals surface area contributed by atoms with Crippen LogP contribution in [0.1, 0.15) is 39.5 Å². The quantitative estimate of drug-likeness (QED) is 0.515. The fourth-order valence-corrected chi connectivity index (χ4v) is 4.53. The highest BCUT2D eigenvalue weighted by atomic mass is 32.2. The summed E-state index contributed by atoms with van der Waals surface area (Å²) in [6.45, 7) is 8.58. The van der Waals surface area contributed by atoms with Crippen LogP contribution in [-0.2, 0) is 11.3 Å². The van der Waals surface area contributed by atoms with E-state index in [1.807, 2.05) is 41.8 Å². The van der Waals surface area contributed by atoms with Gasteiger partial charge in [-0.2, -0.15) is 0 Å². The van der Waals surface area contributed by atoms with Gasteiger partial charge in [0.25, 0.3) is 0 Å². The number of aromatic nitrogens is 3. The van der Waals surface area contributed by atoms with Crippen molar-refractivity contribution in [2.45, 2.75) is 62.5 Å². The largest absolute Gasteiger partial charge is 0.497 e. The Labute approximate surface area is 177 Å². The summed E-state index contributed by atoms with van der Waals surface area (Å²) in [5.41, 5.74) is 0.945. The molecule has 0 bridgehead atoms. The van der Waals surface area contributed by atoms with E-state index >= 15 is 0 Å². The molecule has 6 nitrogen and oxygen atoms in total. The Balaban J connectivity index is 1.73. The zero-order chi connectivity index (χ0) is 20.8. The molecule has 1 fully saturated rings. The second-order valence-corrected chi connectivity index (χ2v) is 8.88. The predicted molar refractivity (Wildman–Crippen MR) is 117 cm³/mol. The topological polar surface area (TPSA) is 69.0 Å². The molecule has 7 heteroatoms. The van der Waals surface area contributed by atoms with E-state index in [2.05, 4.69) is 29.0 Å². The molecule has 1 aromatic carbocycles. The number of allylic oxidation sites excluding steroid dienone is 1. The Morgan fingerprint density at radius 2 is 2.07 bits per heavy atom. The second kappa shape index (κ2) is 9.96. The van der Waals surface area contributed by atoms with Gasteiger partial charge < -0.3 is 10.1 Å². The molecular formula is C22H30N4O2S. The molecule has 29 heavy (non-hydrogen) atoms. The summed E-state index contributed by atoms with van der Waals surface area (Å²) in [6.07, 6.45) is 6.52. The third kappa shape index (κ3) is 5.21. The van der Waals surface area contributed by atoms with E-state index in [4.69, 9.17) is 4.74 Å². The molecule has 2 aromatic rings. The number of benzene rings is 1. The normalized spacial score (nSPS) is 20.1. The number of methoxy groups -OCH3 is 1. The van der Waals surface area contributed by atoms with Crippen molar-refractivity contribution >= 4 is 17.7 Å². The SMILES string of the molecule is C=CCn1c(S[C@H](C)C(=O)N[C@@H]2CCCC[C@@H]2C)nnc1-c1ccc(OC)cc1. The molecule has 0 saturated heterocycles. The maximum Gasteiger partial charge on any atom is 0.233 e. The van der Waals surface area contributed by atoms with E-state index in [1.165, 1.54) is 31.0 Å². The minimum absolute atomic E-state index is 0.0629. The summed E-state index contributed by atoms with van der Waals surface area (Å²) in [6, 6.07) is 7.99. The summed E-state index contributed by atoms with van der Waals surface area (Å²) in [7, 11) is 1.64. The first kappa shape index (κ1) is 21.4. The van der Waals surface area contributed by atoms with Crippen LogP contribution in [0.15, 0.2) is 42.1 Å². The van der Waals surface area contributed by atoms with E-state index in [9.17, 15) is 4.79 Å². The number of carbonyl (C=O) groups excluding carboxylic acids is 1. The standard InChI is InChI=1S/C22H30N4O2S/c1-5-14-26-20(17-10-12-18(28-4)13-11-17)24-25-22(26)29-16(3)21(27)23-19-9-7-6-8-15(19)2/h5,10-13,15-16,19H,1,6-9,14H2,2-4H3,(H,23,27)/t15-,16+,19+/m0/s1. The van der Waals surface area contributed by atoms with Crippen LogP contribution >= 0.6 is 11.8 Å². The zero-order valence-electron chi connectivity index (χ0n) is 17.4. The molecule has 1 aliphatic rings. The number of ether oxygens (including phenoxy) is 1. The van der Waals surface area contributed by atoms with Crippen LogP contribution in [0.4, 0.5) is 0 Å². The van der Waals surface area contributed by atoms with Crippen molar-refractivity contribution < 1.29 is 9.53 Å². The van der Waals surface area contributed by atoms with E-state index < -0.39 is 0 Å². The Hall–Kier alpha value is -2.28. The average Bonchev–Trinajstić information content (AvgIpc) is 3.12. The lowest BCUT2D eigenvalue weighted by Gasteiger charge is -2.30. The summed E-state index contributed by atoms with van der Waals surface area (Å²) in [5.74, 6) is 2.15. The first-order chi connectivity index (χ1) is 14.0. The number of rotatable bonds is 8. The highest BCUT2D eigenvalue weighted by Crippen LogP contribution is 2.29. The van der Waals surface area contributed by atoms with Crippen molar-refractivity contribution in [1.29, 1.82) is 0 Å². The zero-order valence-corrected chi connectivity index (χ0v) is 18.2. The number of hydrogen-bond donors (Lipinski definition) is 1. The van der Waals surface area contributed by atoms with Gasteiger partial charge in [-0.25, -0.2) is 0 Å². The molecule has 0 unspecified atom stereocenters. The van der Waals surface area contributed by atoms with E-state index in [0.717, 1.165) is 28.7 Å². The number of hydrogen-bond acceptors (Lipinski definition) is 5. The van der Waals surface area contributed by atoms with Crippen LogP contribution in [-0.4, -0.2) is 39.1 Å². The summed E-state index contributed by atoms with van der Waals surface area (Å²) < 4.78 is 7.22. The van der Waals surface area contributed by atoms with Crippen molar-refractivity contribution in [2.24, 2.45) is 5.92 Å². The molecule has 0 spiro atoms. The van der Waals surface area contributed by atoms with Gasteiger partial charge in [0.15, 0.2) is 11.0 Å². The van der Waals surface area contributed by atoms with Gasteiger partial charge in [-0.3, -0.25) is 9.36 Å². The highest BCUT2D eigenvalue weighted by Gasteiger charge is 2.26. The van der Waals surface area contributed by atoms with Gasteiger partial charge in [0, 0.05) is 18.2 Å². The van der Waals surface area contributed by atoms with Crippen molar-refractivity contribution in [1.82, 2.24) is 20.1 Å². The monoisotopic (exact) mass is 414 g/mol.